The van der Waals surface area contributed by atoms with Crippen molar-refractivity contribution in [2.45, 2.75) is 75.7 Å². The minimum Gasteiger partial charge on any atom is -0.438 e. The number of oxazole rings is 1. The number of alkyl halides is 5. The highest BCUT2D eigenvalue weighted by atomic mass is 19.4. The third kappa shape index (κ3) is 5.26. The van der Waals surface area contributed by atoms with Crippen LogP contribution in [-0.4, -0.2) is 56.8 Å². The van der Waals surface area contributed by atoms with Gasteiger partial charge in [-0.25, -0.2) is 27.6 Å². The molecule has 10 nitrogen and oxygen atoms in total. The van der Waals surface area contributed by atoms with Crippen LogP contribution < -0.4 is 10.6 Å². The number of carbonyl (C=O) groups excluding carboxylic acids is 2. The molecule has 0 radical (unpaired) electrons. The van der Waals surface area contributed by atoms with E-state index >= 15 is 4.39 Å². The van der Waals surface area contributed by atoms with Gasteiger partial charge in [0.05, 0.1) is 12.6 Å². The smallest absolute Gasteiger partial charge is 0.410 e. The molecule has 3 aromatic rings. The van der Waals surface area contributed by atoms with Crippen molar-refractivity contribution in [3.63, 3.8) is 0 Å². The standard InChI is InChI=1S/C26H26F6N6O4/c1-11-18(37-42-36-11)22(39)34-19(12-6-8-25(28,29)9-7-12)23-35-20-15(41-23)5-4-14(17(20)27)21(13-2-3-13)38-10-16(26(30,31)32)33-24(38)40/h4-5,12-13,16,19,21H,2-3,6-10H2,1H3,(H,33,40)(H,34,39)/t16-,19+,21-/m1/s1. The molecule has 1 saturated heterocycles. The van der Waals surface area contributed by atoms with E-state index in [0.29, 0.717) is 12.8 Å². The molecular weight excluding hydrogens is 574 g/mol. The predicted molar refractivity (Wildman–Crippen MR) is 131 cm³/mol. The molecule has 1 aliphatic heterocycles. The van der Waals surface area contributed by atoms with Crippen molar-refractivity contribution < 1.29 is 45.0 Å². The number of rotatable bonds is 7. The molecule has 6 rings (SSSR count). The summed E-state index contributed by atoms with van der Waals surface area (Å²) < 4.78 is 94.3. The summed E-state index contributed by atoms with van der Waals surface area (Å²) >= 11 is 0. The first-order valence-electron chi connectivity index (χ1n) is 13.5. The molecule has 2 saturated carbocycles. The SMILES string of the molecule is Cc1nonc1C(=O)N[C@H](c1nc2c(F)c([C@@H](C3CC3)N3C[C@H](C(F)(F)F)NC3=O)ccc2o1)C1CCC(F)(F)CC1. The monoisotopic (exact) mass is 600 g/mol. The number of hydrogen-bond donors (Lipinski definition) is 2. The Labute approximate surface area is 234 Å². The number of halogens is 6. The summed E-state index contributed by atoms with van der Waals surface area (Å²) in [5.74, 6) is -5.35. The summed E-state index contributed by atoms with van der Waals surface area (Å²) in [6.45, 7) is 0.827. The molecule has 2 aliphatic carbocycles. The quantitative estimate of drug-likeness (QED) is 0.350. The molecule has 3 aliphatic rings. The van der Waals surface area contributed by atoms with Gasteiger partial charge < -0.3 is 20.0 Å². The second kappa shape index (κ2) is 10.2. The zero-order chi connectivity index (χ0) is 30.0. The Morgan fingerprint density at radius 3 is 2.45 bits per heavy atom. The van der Waals surface area contributed by atoms with Crippen LogP contribution >= 0.6 is 0 Å². The fourth-order valence-electron chi connectivity index (χ4n) is 5.85. The predicted octanol–water partition coefficient (Wildman–Crippen LogP) is 5.36. The van der Waals surface area contributed by atoms with E-state index in [0.717, 1.165) is 4.90 Å². The Hall–Kier alpha value is -3.85. The second-order valence-corrected chi connectivity index (χ2v) is 11.2. The highest BCUT2D eigenvalue weighted by molar-refractivity contribution is 5.93. The molecule has 1 aromatic carbocycles. The fraction of sp³-hybridized carbons (Fsp3) is 0.577. The molecule has 3 amide bonds. The van der Waals surface area contributed by atoms with Gasteiger partial charge in [-0.1, -0.05) is 11.2 Å². The number of aryl methyl sites for hydroxylation is 1. The van der Waals surface area contributed by atoms with Gasteiger partial charge in [0, 0.05) is 18.4 Å². The van der Waals surface area contributed by atoms with E-state index in [1.807, 2.05) is 5.32 Å². The molecular formula is C26H26F6N6O4. The third-order valence-corrected chi connectivity index (χ3v) is 8.25. The first kappa shape index (κ1) is 28.3. The lowest BCUT2D eigenvalue weighted by atomic mass is 9.82. The van der Waals surface area contributed by atoms with Crippen molar-refractivity contribution in [3.8, 4) is 0 Å². The van der Waals surface area contributed by atoms with E-state index in [4.69, 9.17) is 4.42 Å². The largest absolute Gasteiger partial charge is 0.438 e. The Morgan fingerprint density at radius 1 is 1.14 bits per heavy atom. The number of benzene rings is 1. The van der Waals surface area contributed by atoms with Crippen LogP contribution in [0, 0.1) is 24.6 Å². The van der Waals surface area contributed by atoms with Crippen LogP contribution in [0.2, 0.25) is 0 Å². The minimum absolute atomic E-state index is 0.00925. The number of carbonyl (C=O) groups is 2. The van der Waals surface area contributed by atoms with E-state index in [-0.39, 0.29) is 52.7 Å². The van der Waals surface area contributed by atoms with Gasteiger partial charge in [-0.3, -0.25) is 4.79 Å². The summed E-state index contributed by atoms with van der Waals surface area (Å²) in [4.78, 5) is 30.8. The van der Waals surface area contributed by atoms with E-state index < -0.39 is 73.3 Å². The molecule has 0 bridgehead atoms. The van der Waals surface area contributed by atoms with E-state index in [1.54, 1.807) is 0 Å². The van der Waals surface area contributed by atoms with Gasteiger partial charge >= 0.3 is 12.2 Å². The van der Waals surface area contributed by atoms with Crippen LogP contribution in [0.25, 0.3) is 11.1 Å². The van der Waals surface area contributed by atoms with Crippen molar-refractivity contribution in [1.82, 2.24) is 30.8 Å². The minimum atomic E-state index is -4.66. The molecule has 42 heavy (non-hydrogen) atoms. The number of fused-ring (bicyclic) bond motifs is 1. The second-order valence-electron chi connectivity index (χ2n) is 11.2. The molecule has 226 valence electrons. The molecule has 0 unspecified atom stereocenters. The summed E-state index contributed by atoms with van der Waals surface area (Å²) in [5, 5.41) is 11.8. The Morgan fingerprint density at radius 2 is 1.86 bits per heavy atom. The van der Waals surface area contributed by atoms with Gasteiger partial charge in [-0.15, -0.1) is 0 Å². The van der Waals surface area contributed by atoms with E-state index in [1.165, 1.54) is 19.1 Å². The molecule has 3 fully saturated rings. The zero-order valence-electron chi connectivity index (χ0n) is 22.2. The fourth-order valence-corrected chi connectivity index (χ4v) is 5.85. The maximum Gasteiger partial charge on any atom is 0.410 e. The van der Waals surface area contributed by atoms with Crippen molar-refractivity contribution >= 4 is 23.0 Å². The van der Waals surface area contributed by atoms with Crippen molar-refractivity contribution in [2.24, 2.45) is 11.8 Å². The van der Waals surface area contributed by atoms with Crippen LogP contribution in [0.4, 0.5) is 31.1 Å². The number of amides is 3. The van der Waals surface area contributed by atoms with Crippen LogP contribution in [-0.2, 0) is 0 Å². The number of hydrogen-bond acceptors (Lipinski definition) is 7. The van der Waals surface area contributed by atoms with Crippen molar-refractivity contribution in [2.75, 3.05) is 6.54 Å². The van der Waals surface area contributed by atoms with Gasteiger partial charge in [0.2, 0.25) is 11.8 Å². The van der Waals surface area contributed by atoms with Crippen LogP contribution in [0.3, 0.4) is 0 Å². The van der Waals surface area contributed by atoms with Crippen LogP contribution in [0.5, 0.6) is 0 Å². The maximum atomic E-state index is 16.1. The summed E-state index contributed by atoms with van der Waals surface area (Å²) in [5.41, 5.74) is -0.206. The summed E-state index contributed by atoms with van der Waals surface area (Å²) in [6, 6.07) is -2.26. The van der Waals surface area contributed by atoms with E-state index in [2.05, 4.69) is 25.2 Å². The van der Waals surface area contributed by atoms with Gasteiger partial charge in [-0.05, 0) is 55.7 Å². The van der Waals surface area contributed by atoms with Crippen LogP contribution in [0.15, 0.2) is 21.2 Å². The first-order chi connectivity index (χ1) is 19.8. The lowest BCUT2D eigenvalue weighted by Crippen LogP contribution is -2.40. The van der Waals surface area contributed by atoms with Crippen LogP contribution in [0.1, 0.15) is 78.2 Å². The molecule has 3 heterocycles. The normalized spacial score (nSPS) is 22.8. The highest BCUT2D eigenvalue weighted by Gasteiger charge is 2.51. The van der Waals surface area contributed by atoms with Crippen molar-refractivity contribution in [3.05, 3.63) is 40.8 Å². The number of aromatic nitrogens is 3. The third-order valence-electron chi connectivity index (χ3n) is 8.25. The lowest BCUT2D eigenvalue weighted by molar-refractivity contribution is -0.150. The lowest BCUT2D eigenvalue weighted by Gasteiger charge is -2.32. The Kier molecular flexibility index (Phi) is 6.84. The van der Waals surface area contributed by atoms with Gasteiger partial charge in [0.1, 0.15) is 23.3 Å². The summed E-state index contributed by atoms with van der Waals surface area (Å²) in [7, 11) is 0. The number of nitrogens with zero attached hydrogens (tertiary/aromatic N) is 4. The Bertz CT molecular complexity index is 1510. The van der Waals surface area contributed by atoms with Gasteiger partial charge in [0.25, 0.3) is 5.91 Å². The number of nitrogens with one attached hydrogen (secondary N) is 2. The van der Waals surface area contributed by atoms with Gasteiger partial charge in [-0.2, -0.15) is 13.2 Å². The number of urea groups is 1. The average molecular weight is 601 g/mol. The average Bonchev–Trinajstić information content (AvgIpc) is 3.30. The summed E-state index contributed by atoms with van der Waals surface area (Å²) in [6.07, 6.45) is -4.26. The zero-order valence-corrected chi connectivity index (χ0v) is 22.2. The molecule has 2 aromatic heterocycles. The maximum absolute atomic E-state index is 16.1. The molecule has 3 atom stereocenters. The van der Waals surface area contributed by atoms with E-state index in [9.17, 15) is 31.5 Å². The first-order valence-corrected chi connectivity index (χ1v) is 13.5. The molecule has 0 spiro atoms. The Balaban J connectivity index is 1.34. The molecule has 2 N–H and O–H groups in total. The molecule has 16 heteroatoms. The van der Waals surface area contributed by atoms with Crippen molar-refractivity contribution in [1.29, 1.82) is 0 Å². The van der Waals surface area contributed by atoms with Gasteiger partial charge in [0.15, 0.2) is 17.1 Å². The highest BCUT2D eigenvalue weighted by Crippen LogP contribution is 2.48. The topological polar surface area (TPSA) is 126 Å².